The summed E-state index contributed by atoms with van der Waals surface area (Å²) in [5, 5.41) is 13.1. The van der Waals surface area contributed by atoms with Gasteiger partial charge in [0.1, 0.15) is 16.9 Å². The molecule has 0 amide bonds. The summed E-state index contributed by atoms with van der Waals surface area (Å²) >= 11 is 3.33. The number of hydrogen-bond donors (Lipinski definition) is 0. The molecule has 140 valence electrons. The van der Waals surface area contributed by atoms with Gasteiger partial charge in [0, 0.05) is 18.3 Å². The van der Waals surface area contributed by atoms with Gasteiger partial charge in [0.15, 0.2) is 4.34 Å². The van der Waals surface area contributed by atoms with Crippen molar-refractivity contribution >= 4 is 39.1 Å². The highest BCUT2D eigenvalue weighted by molar-refractivity contribution is 8.01. The lowest BCUT2D eigenvalue weighted by Gasteiger charge is -2.05. The van der Waals surface area contributed by atoms with Gasteiger partial charge in [-0.25, -0.2) is 14.2 Å². The molecule has 0 aliphatic carbocycles. The van der Waals surface area contributed by atoms with Crippen LogP contribution in [-0.2, 0) is 7.05 Å². The van der Waals surface area contributed by atoms with Gasteiger partial charge < -0.3 is 0 Å². The number of hydrogen-bond acceptors (Lipinski definition) is 7. The van der Waals surface area contributed by atoms with Crippen molar-refractivity contribution in [2.75, 3.05) is 5.75 Å². The topological polar surface area (TPSA) is 73.8 Å². The van der Waals surface area contributed by atoms with Crippen molar-refractivity contribution in [2.24, 2.45) is 7.05 Å². The molecule has 0 aliphatic rings. The maximum atomic E-state index is 4.90. The molecule has 5 rings (SSSR count). The number of pyridine rings is 1. The largest absolute Gasteiger partial charge is 0.251 e. The van der Waals surface area contributed by atoms with Gasteiger partial charge in [0.25, 0.3) is 0 Å². The molecule has 0 aliphatic heterocycles. The van der Waals surface area contributed by atoms with Crippen LogP contribution in [0, 0.1) is 6.92 Å². The molecule has 0 N–H and O–H groups in total. The van der Waals surface area contributed by atoms with E-state index in [-0.39, 0.29) is 0 Å². The van der Waals surface area contributed by atoms with E-state index in [0.717, 1.165) is 54.4 Å². The number of aryl methyl sites for hydroxylation is 2. The van der Waals surface area contributed by atoms with Gasteiger partial charge in [-0.2, -0.15) is 0 Å². The maximum absolute atomic E-state index is 4.90. The Kier molecular flexibility index (Phi) is 4.13. The zero-order valence-corrected chi connectivity index (χ0v) is 17.3. The Labute approximate surface area is 169 Å². The van der Waals surface area contributed by atoms with Crippen molar-refractivity contribution in [1.82, 2.24) is 34.6 Å². The van der Waals surface area contributed by atoms with Crippen LogP contribution in [0.1, 0.15) is 12.6 Å². The van der Waals surface area contributed by atoms with Crippen LogP contribution in [0.3, 0.4) is 0 Å². The number of rotatable bonds is 4. The van der Waals surface area contributed by atoms with E-state index < -0.39 is 0 Å². The first kappa shape index (κ1) is 17.3. The maximum Gasteiger partial charge on any atom is 0.214 e. The summed E-state index contributed by atoms with van der Waals surface area (Å²) in [6.45, 7) is 4.12. The number of thioether (sulfide) groups is 1. The zero-order chi connectivity index (χ0) is 19.3. The summed E-state index contributed by atoms with van der Waals surface area (Å²) in [7, 11) is 1.90. The lowest BCUT2D eigenvalue weighted by molar-refractivity contribution is 0.736. The van der Waals surface area contributed by atoms with E-state index in [1.807, 2.05) is 48.8 Å². The van der Waals surface area contributed by atoms with Crippen molar-refractivity contribution in [3.8, 4) is 22.6 Å². The summed E-state index contributed by atoms with van der Waals surface area (Å²) in [5.41, 5.74) is 6.43. The van der Waals surface area contributed by atoms with E-state index in [1.54, 1.807) is 27.8 Å². The molecule has 9 heteroatoms. The third kappa shape index (κ3) is 2.78. The Balaban J connectivity index is 1.79. The van der Waals surface area contributed by atoms with Crippen LogP contribution in [0.15, 0.2) is 40.7 Å². The summed E-state index contributed by atoms with van der Waals surface area (Å²) in [6, 6.07) is 12.1. The third-order valence-electron chi connectivity index (χ3n) is 4.47. The molecule has 7 nitrogen and oxygen atoms in total. The number of aromatic nitrogens is 7. The lowest BCUT2D eigenvalue weighted by Crippen LogP contribution is -1.94. The van der Waals surface area contributed by atoms with E-state index in [2.05, 4.69) is 23.3 Å². The predicted octanol–water partition coefficient (Wildman–Crippen LogP) is 4.22. The second kappa shape index (κ2) is 6.68. The molecule has 5 aromatic rings. The van der Waals surface area contributed by atoms with E-state index >= 15 is 0 Å². The van der Waals surface area contributed by atoms with Crippen LogP contribution in [-0.4, -0.2) is 40.3 Å². The minimum atomic E-state index is 0.838. The third-order valence-corrected chi connectivity index (χ3v) is 6.39. The van der Waals surface area contributed by atoms with Crippen molar-refractivity contribution < 1.29 is 0 Å². The fourth-order valence-corrected chi connectivity index (χ4v) is 5.04. The van der Waals surface area contributed by atoms with Crippen molar-refractivity contribution in [3.63, 3.8) is 0 Å². The highest BCUT2D eigenvalue weighted by Crippen LogP contribution is 2.36. The number of imidazole rings is 1. The van der Waals surface area contributed by atoms with Crippen LogP contribution >= 0.6 is 23.1 Å². The van der Waals surface area contributed by atoms with Crippen molar-refractivity contribution in [2.45, 2.75) is 18.2 Å². The van der Waals surface area contributed by atoms with Crippen molar-refractivity contribution in [3.05, 3.63) is 42.1 Å². The smallest absolute Gasteiger partial charge is 0.214 e. The number of fused-ring (bicyclic) bond motifs is 2. The molecule has 4 heterocycles. The first-order valence-electron chi connectivity index (χ1n) is 8.90. The molecule has 1 aromatic carbocycles. The summed E-state index contributed by atoms with van der Waals surface area (Å²) in [5.74, 6) is 0.977. The van der Waals surface area contributed by atoms with Gasteiger partial charge in [-0.05, 0) is 36.9 Å². The minimum Gasteiger partial charge on any atom is -0.251 e. The van der Waals surface area contributed by atoms with Gasteiger partial charge in [-0.3, -0.25) is 4.98 Å². The Hall–Kier alpha value is -2.78. The Bertz CT molecular complexity index is 1310. The molecule has 28 heavy (non-hydrogen) atoms. The first-order valence-corrected chi connectivity index (χ1v) is 10.7. The summed E-state index contributed by atoms with van der Waals surface area (Å²) < 4.78 is 4.73. The van der Waals surface area contributed by atoms with Crippen LogP contribution in [0.2, 0.25) is 0 Å². The van der Waals surface area contributed by atoms with E-state index in [9.17, 15) is 0 Å². The van der Waals surface area contributed by atoms with Crippen LogP contribution < -0.4 is 0 Å². The standard InChI is InChI=1S/C19H17N7S2/c1-4-27-19-23-26-17(12-8-9-13-15(10-12)25(3)24-22-13)16(21-18(26)28-19)14-7-5-6-11(2)20-14/h5-10H,4H2,1-3H3. The Morgan fingerprint density at radius 1 is 1.14 bits per heavy atom. The molecule has 0 atom stereocenters. The van der Waals surface area contributed by atoms with E-state index in [4.69, 9.17) is 15.1 Å². The quantitative estimate of drug-likeness (QED) is 0.415. The molecule has 0 fully saturated rings. The van der Waals surface area contributed by atoms with E-state index in [1.165, 1.54) is 0 Å². The summed E-state index contributed by atoms with van der Waals surface area (Å²) in [4.78, 5) is 10.5. The highest BCUT2D eigenvalue weighted by Gasteiger charge is 2.21. The zero-order valence-electron chi connectivity index (χ0n) is 15.6. The first-order chi connectivity index (χ1) is 13.6. The lowest BCUT2D eigenvalue weighted by atomic mass is 10.1. The van der Waals surface area contributed by atoms with Crippen molar-refractivity contribution in [1.29, 1.82) is 0 Å². The highest BCUT2D eigenvalue weighted by atomic mass is 32.2. The average Bonchev–Trinajstić information content (AvgIpc) is 3.34. The second-order valence-corrected chi connectivity index (χ2v) is 8.85. The predicted molar refractivity (Wildman–Crippen MR) is 113 cm³/mol. The molecule has 0 spiro atoms. The van der Waals surface area contributed by atoms with Gasteiger partial charge in [-0.15, -0.1) is 10.2 Å². The molecule has 0 radical (unpaired) electrons. The summed E-state index contributed by atoms with van der Waals surface area (Å²) in [6.07, 6.45) is 0. The van der Waals surface area contributed by atoms with Gasteiger partial charge >= 0.3 is 0 Å². The molecule has 0 saturated heterocycles. The van der Waals surface area contributed by atoms with Crippen LogP contribution in [0.5, 0.6) is 0 Å². The van der Waals surface area contributed by atoms with Gasteiger partial charge in [-0.1, -0.05) is 47.4 Å². The fourth-order valence-electron chi connectivity index (χ4n) is 3.20. The van der Waals surface area contributed by atoms with Crippen LogP contribution in [0.4, 0.5) is 0 Å². The Morgan fingerprint density at radius 3 is 2.86 bits per heavy atom. The molecular formula is C19H17N7S2. The minimum absolute atomic E-state index is 0.838. The molecule has 0 unspecified atom stereocenters. The number of nitrogens with zero attached hydrogens (tertiary/aromatic N) is 7. The second-order valence-electron chi connectivity index (χ2n) is 6.39. The monoisotopic (exact) mass is 407 g/mol. The normalized spacial score (nSPS) is 11.7. The molecular weight excluding hydrogens is 390 g/mol. The fraction of sp³-hybridized carbons (Fsp3) is 0.211. The molecule has 4 aromatic heterocycles. The average molecular weight is 408 g/mol. The Morgan fingerprint density at radius 2 is 2.04 bits per heavy atom. The SMILES string of the molecule is CCSc1nn2c(-c3ccc4nnn(C)c4c3)c(-c3cccc(C)n3)nc2s1. The van der Waals surface area contributed by atoms with Crippen LogP contribution in [0.25, 0.3) is 38.6 Å². The molecule has 0 saturated carbocycles. The number of benzene rings is 1. The van der Waals surface area contributed by atoms with Gasteiger partial charge in [0.2, 0.25) is 4.96 Å². The molecule has 0 bridgehead atoms. The van der Waals surface area contributed by atoms with Gasteiger partial charge in [0.05, 0.1) is 11.2 Å². The van der Waals surface area contributed by atoms with E-state index in [0.29, 0.717) is 0 Å².